The lowest BCUT2D eigenvalue weighted by Gasteiger charge is -2.18. The second-order valence-electron chi connectivity index (χ2n) is 6.26. The van der Waals surface area contributed by atoms with Gasteiger partial charge in [-0.05, 0) is 35.7 Å². The average Bonchev–Trinajstić information content (AvgIpc) is 2.95. The van der Waals surface area contributed by atoms with Crippen LogP contribution in [0.2, 0.25) is 0 Å². The van der Waals surface area contributed by atoms with Crippen LogP contribution < -0.4 is 10.6 Å². The molecule has 130 valence electrons. The van der Waals surface area contributed by atoms with E-state index in [4.69, 9.17) is 0 Å². The van der Waals surface area contributed by atoms with Gasteiger partial charge in [-0.25, -0.2) is 0 Å². The minimum atomic E-state index is -0.641. The summed E-state index contributed by atoms with van der Waals surface area (Å²) >= 11 is 0. The van der Waals surface area contributed by atoms with Crippen LogP contribution in [-0.2, 0) is 6.42 Å². The summed E-state index contributed by atoms with van der Waals surface area (Å²) < 4.78 is 0. The van der Waals surface area contributed by atoms with Crippen LogP contribution in [0.5, 0.6) is 0 Å². The van der Waals surface area contributed by atoms with Gasteiger partial charge in [-0.1, -0.05) is 37.3 Å². The molecule has 2 aromatic carbocycles. The van der Waals surface area contributed by atoms with Crippen LogP contribution in [0.15, 0.2) is 48.5 Å². The molecule has 0 radical (unpaired) electrons. The van der Waals surface area contributed by atoms with Gasteiger partial charge in [-0.3, -0.25) is 9.59 Å². The molecule has 3 rings (SSSR count). The zero-order valence-electron chi connectivity index (χ0n) is 14.2. The minimum absolute atomic E-state index is 0.192. The molecule has 0 spiro atoms. The molecular formula is C20H22N2O3. The lowest BCUT2D eigenvalue weighted by molar-refractivity contribution is 0.0858. The van der Waals surface area contributed by atoms with Crippen molar-refractivity contribution in [2.24, 2.45) is 0 Å². The Balaban J connectivity index is 1.75. The van der Waals surface area contributed by atoms with E-state index in [-0.39, 0.29) is 11.8 Å². The normalized spacial score (nSPS) is 18.5. The van der Waals surface area contributed by atoms with Crippen LogP contribution in [0.1, 0.15) is 51.2 Å². The highest BCUT2D eigenvalue weighted by atomic mass is 16.3. The van der Waals surface area contributed by atoms with Crippen molar-refractivity contribution in [3.05, 3.63) is 70.8 Å². The molecule has 0 saturated heterocycles. The molecule has 5 nitrogen and oxygen atoms in total. The van der Waals surface area contributed by atoms with E-state index in [0.29, 0.717) is 24.1 Å². The molecule has 2 atom stereocenters. The summed E-state index contributed by atoms with van der Waals surface area (Å²) in [5, 5.41) is 16.0. The first-order valence-corrected chi connectivity index (χ1v) is 8.55. The lowest BCUT2D eigenvalue weighted by atomic mass is 10.1. The third-order valence-electron chi connectivity index (χ3n) is 4.41. The first-order valence-electron chi connectivity index (χ1n) is 8.55. The summed E-state index contributed by atoms with van der Waals surface area (Å²) in [5.74, 6) is -0.492. The maximum Gasteiger partial charge on any atom is 0.251 e. The monoisotopic (exact) mass is 338 g/mol. The predicted octanol–water partition coefficient (Wildman–Crippen LogP) is 2.21. The Bertz CT molecular complexity index is 788. The zero-order valence-corrected chi connectivity index (χ0v) is 14.2. The fourth-order valence-electron chi connectivity index (χ4n) is 3.11. The Hall–Kier alpha value is -2.66. The van der Waals surface area contributed by atoms with Crippen LogP contribution in [0.25, 0.3) is 0 Å². The zero-order chi connectivity index (χ0) is 17.8. The summed E-state index contributed by atoms with van der Waals surface area (Å²) in [5.41, 5.74) is 2.85. The Morgan fingerprint density at radius 3 is 2.56 bits per heavy atom. The van der Waals surface area contributed by atoms with E-state index in [9.17, 15) is 14.7 Å². The van der Waals surface area contributed by atoms with Crippen LogP contribution >= 0.6 is 0 Å². The third-order valence-corrected chi connectivity index (χ3v) is 4.41. The Labute approximate surface area is 147 Å². The summed E-state index contributed by atoms with van der Waals surface area (Å²) in [7, 11) is 0. The van der Waals surface area contributed by atoms with Crippen molar-refractivity contribution in [2.45, 2.75) is 31.9 Å². The highest BCUT2D eigenvalue weighted by molar-refractivity contribution is 5.99. The number of carbonyl (C=O) groups is 2. The highest BCUT2D eigenvalue weighted by Gasteiger charge is 2.32. The van der Waals surface area contributed by atoms with Crippen molar-refractivity contribution >= 4 is 11.8 Å². The molecule has 2 aromatic rings. The number of aliphatic hydroxyl groups excluding tert-OH is 1. The smallest absolute Gasteiger partial charge is 0.251 e. The Kier molecular flexibility index (Phi) is 5.14. The SMILES string of the molecule is CCCNC(=O)c1cccc(C(=O)N[C@H]2c3ccccc3C[C@H]2O)c1. The fourth-order valence-corrected chi connectivity index (χ4v) is 3.11. The highest BCUT2D eigenvalue weighted by Crippen LogP contribution is 2.31. The standard InChI is InChI=1S/C20H22N2O3/c1-2-10-21-19(24)14-7-5-8-15(11-14)20(25)22-18-16-9-4-3-6-13(16)12-17(18)23/h3-9,11,17-18,23H,2,10,12H2,1H3,(H,21,24)(H,22,25)/t17-,18+/m1/s1. The third kappa shape index (κ3) is 3.72. The van der Waals surface area contributed by atoms with Gasteiger partial charge in [0, 0.05) is 24.1 Å². The van der Waals surface area contributed by atoms with Gasteiger partial charge in [0.1, 0.15) is 0 Å². The number of nitrogens with one attached hydrogen (secondary N) is 2. The number of aliphatic hydroxyl groups is 1. The van der Waals surface area contributed by atoms with Gasteiger partial charge < -0.3 is 15.7 Å². The molecule has 1 aliphatic carbocycles. The molecule has 0 bridgehead atoms. The minimum Gasteiger partial charge on any atom is -0.390 e. The van der Waals surface area contributed by atoms with E-state index in [0.717, 1.165) is 17.5 Å². The molecular weight excluding hydrogens is 316 g/mol. The van der Waals surface area contributed by atoms with Crippen molar-refractivity contribution in [1.29, 1.82) is 0 Å². The van der Waals surface area contributed by atoms with Gasteiger partial charge in [-0.15, -0.1) is 0 Å². The molecule has 2 amide bonds. The average molecular weight is 338 g/mol. The van der Waals surface area contributed by atoms with Gasteiger partial charge in [0.05, 0.1) is 12.1 Å². The van der Waals surface area contributed by atoms with Crippen LogP contribution in [-0.4, -0.2) is 29.6 Å². The van der Waals surface area contributed by atoms with E-state index in [2.05, 4.69) is 10.6 Å². The molecule has 5 heteroatoms. The number of hydrogen-bond acceptors (Lipinski definition) is 3. The van der Waals surface area contributed by atoms with Crippen LogP contribution in [0.4, 0.5) is 0 Å². The fraction of sp³-hybridized carbons (Fsp3) is 0.300. The van der Waals surface area contributed by atoms with Gasteiger partial charge in [-0.2, -0.15) is 0 Å². The van der Waals surface area contributed by atoms with Crippen molar-refractivity contribution < 1.29 is 14.7 Å². The number of hydrogen-bond donors (Lipinski definition) is 3. The second kappa shape index (κ2) is 7.49. The van der Waals surface area contributed by atoms with Crippen molar-refractivity contribution in [2.75, 3.05) is 6.54 Å². The summed E-state index contributed by atoms with van der Waals surface area (Å²) in [6, 6.07) is 13.9. The van der Waals surface area contributed by atoms with Crippen molar-refractivity contribution in [3.8, 4) is 0 Å². The van der Waals surface area contributed by atoms with Gasteiger partial charge >= 0.3 is 0 Å². The second-order valence-corrected chi connectivity index (χ2v) is 6.26. The molecule has 25 heavy (non-hydrogen) atoms. The van der Waals surface area contributed by atoms with Gasteiger partial charge in [0.15, 0.2) is 0 Å². The first-order chi connectivity index (χ1) is 12.1. The van der Waals surface area contributed by atoms with E-state index in [1.807, 2.05) is 31.2 Å². The molecule has 0 fully saturated rings. The maximum atomic E-state index is 12.6. The number of carbonyl (C=O) groups excluding carboxylic acids is 2. The van der Waals surface area contributed by atoms with Crippen LogP contribution in [0.3, 0.4) is 0 Å². The molecule has 0 aromatic heterocycles. The topological polar surface area (TPSA) is 78.4 Å². The van der Waals surface area contributed by atoms with Crippen molar-refractivity contribution in [1.82, 2.24) is 10.6 Å². The molecule has 1 aliphatic rings. The summed E-state index contributed by atoms with van der Waals surface area (Å²) in [6.07, 6.45) is 0.739. The number of benzene rings is 2. The molecule has 0 heterocycles. The van der Waals surface area contributed by atoms with Crippen LogP contribution in [0, 0.1) is 0 Å². The lowest BCUT2D eigenvalue weighted by Crippen LogP contribution is -2.34. The van der Waals surface area contributed by atoms with E-state index in [1.165, 1.54) is 0 Å². The number of fused-ring (bicyclic) bond motifs is 1. The molecule has 0 saturated carbocycles. The van der Waals surface area contributed by atoms with E-state index in [1.54, 1.807) is 24.3 Å². The van der Waals surface area contributed by atoms with E-state index >= 15 is 0 Å². The Morgan fingerprint density at radius 1 is 1.08 bits per heavy atom. The molecule has 0 aliphatic heterocycles. The van der Waals surface area contributed by atoms with Crippen molar-refractivity contribution in [3.63, 3.8) is 0 Å². The quantitative estimate of drug-likeness (QED) is 0.782. The molecule has 0 unspecified atom stereocenters. The molecule has 3 N–H and O–H groups in total. The number of amides is 2. The number of rotatable bonds is 5. The first kappa shape index (κ1) is 17.2. The summed E-state index contributed by atoms with van der Waals surface area (Å²) in [4.78, 5) is 24.6. The van der Waals surface area contributed by atoms with E-state index < -0.39 is 12.1 Å². The van der Waals surface area contributed by atoms with Gasteiger partial charge in [0.25, 0.3) is 11.8 Å². The summed E-state index contributed by atoms with van der Waals surface area (Å²) in [6.45, 7) is 2.58. The maximum absolute atomic E-state index is 12.6. The van der Waals surface area contributed by atoms with Gasteiger partial charge in [0.2, 0.25) is 0 Å². The predicted molar refractivity (Wildman–Crippen MR) is 95.4 cm³/mol. The largest absolute Gasteiger partial charge is 0.390 e. The Morgan fingerprint density at radius 2 is 1.80 bits per heavy atom.